The van der Waals surface area contributed by atoms with E-state index in [9.17, 15) is 5.11 Å². The fraction of sp³-hybridized carbons (Fsp3) is 0.500. The molecule has 1 saturated heterocycles. The summed E-state index contributed by atoms with van der Waals surface area (Å²) >= 11 is 0. The average molecular weight is 759 g/mol. The second-order valence-corrected chi connectivity index (χ2v) is 27.8. The molecule has 3 saturated carbocycles. The second kappa shape index (κ2) is 14.9. The molecule has 9 atom stereocenters. The van der Waals surface area contributed by atoms with Crippen molar-refractivity contribution < 1.29 is 18.7 Å². The predicted octanol–water partition coefficient (Wildman–Crippen LogP) is 7.96. The first-order valence-electron chi connectivity index (χ1n) is 20.8. The molecule has 1 N–H and O–H groups in total. The molecule has 0 radical (unpaired) electrons. The molecule has 54 heavy (non-hydrogen) atoms. The molecule has 1 aliphatic heterocycles. The molecule has 0 aromatic heterocycles. The van der Waals surface area contributed by atoms with E-state index in [4.69, 9.17) is 13.6 Å². The fourth-order valence-electron chi connectivity index (χ4n) is 11.5. The average Bonchev–Trinajstić information content (AvgIpc) is 3.93. The topological polar surface area (TPSA) is 51.2 Å². The van der Waals surface area contributed by atoms with Crippen molar-refractivity contribution in [3.8, 4) is 0 Å². The van der Waals surface area contributed by atoms with E-state index in [0.29, 0.717) is 49.1 Å². The summed E-state index contributed by atoms with van der Waals surface area (Å²) in [6, 6.07) is 44.0. The Labute approximate surface area is 326 Å². The van der Waals surface area contributed by atoms with Crippen LogP contribution in [0.1, 0.15) is 73.6 Å². The van der Waals surface area contributed by atoms with Gasteiger partial charge in [-0.15, -0.1) is 0 Å². The lowest BCUT2D eigenvalue weighted by Gasteiger charge is -2.53. The van der Waals surface area contributed by atoms with Crippen LogP contribution < -0.4 is 20.7 Å². The van der Waals surface area contributed by atoms with E-state index in [2.05, 4.69) is 163 Å². The number of benzene rings is 4. The molecular weight excluding hydrogens is 697 g/mol. The first-order valence-corrected chi connectivity index (χ1v) is 24.6. The van der Waals surface area contributed by atoms with Gasteiger partial charge in [-0.1, -0.05) is 163 Å². The van der Waals surface area contributed by atoms with E-state index in [1.54, 1.807) is 0 Å². The van der Waals surface area contributed by atoms with Gasteiger partial charge in [-0.2, -0.15) is 0 Å². The van der Waals surface area contributed by atoms with Gasteiger partial charge >= 0.3 is 0 Å². The Morgan fingerprint density at radius 2 is 0.907 bits per heavy atom. The Balaban J connectivity index is 1.18. The number of epoxide rings is 1. The highest BCUT2D eigenvalue weighted by Gasteiger charge is 2.57. The van der Waals surface area contributed by atoms with Crippen molar-refractivity contribution in [1.82, 2.24) is 0 Å². The molecular formula is C48H62O4Si2. The van der Waals surface area contributed by atoms with Gasteiger partial charge < -0.3 is 18.7 Å². The van der Waals surface area contributed by atoms with Crippen LogP contribution in [-0.4, -0.2) is 53.3 Å². The van der Waals surface area contributed by atoms with Gasteiger partial charge in [0.05, 0.1) is 18.3 Å². The highest BCUT2D eigenvalue weighted by molar-refractivity contribution is 7.00. The maximum Gasteiger partial charge on any atom is 0.261 e. The maximum atomic E-state index is 12.8. The highest BCUT2D eigenvalue weighted by Crippen LogP contribution is 2.56. The lowest BCUT2D eigenvalue weighted by atomic mass is 9.55. The summed E-state index contributed by atoms with van der Waals surface area (Å²) in [5, 5.41) is 17.8. The van der Waals surface area contributed by atoms with Crippen LogP contribution in [0.2, 0.25) is 10.1 Å². The largest absolute Gasteiger partial charge is 0.407 e. The van der Waals surface area contributed by atoms with Crippen molar-refractivity contribution in [2.45, 2.75) is 102 Å². The number of fused-ring (bicyclic) bond motifs is 3. The van der Waals surface area contributed by atoms with Gasteiger partial charge in [0.25, 0.3) is 16.6 Å². The van der Waals surface area contributed by atoms with Gasteiger partial charge in [0.1, 0.15) is 0 Å². The maximum absolute atomic E-state index is 12.8. The van der Waals surface area contributed by atoms with E-state index in [0.717, 1.165) is 12.8 Å². The van der Waals surface area contributed by atoms with Crippen molar-refractivity contribution in [3.63, 3.8) is 0 Å². The Morgan fingerprint density at radius 3 is 1.31 bits per heavy atom. The Bertz CT molecular complexity index is 1740. The smallest absolute Gasteiger partial charge is 0.261 e. The van der Waals surface area contributed by atoms with E-state index < -0.39 is 22.7 Å². The molecule has 4 aromatic rings. The zero-order chi connectivity index (χ0) is 37.7. The minimum absolute atomic E-state index is 0.0313. The van der Waals surface area contributed by atoms with Crippen molar-refractivity contribution in [2.75, 3.05) is 13.2 Å². The first kappa shape index (κ1) is 38.0. The van der Waals surface area contributed by atoms with Gasteiger partial charge in [0, 0.05) is 19.1 Å². The molecule has 0 unspecified atom stereocenters. The summed E-state index contributed by atoms with van der Waals surface area (Å²) in [5.41, 5.74) is 0. The van der Waals surface area contributed by atoms with Gasteiger partial charge in [0.15, 0.2) is 0 Å². The van der Waals surface area contributed by atoms with E-state index >= 15 is 0 Å². The van der Waals surface area contributed by atoms with Crippen LogP contribution in [0, 0.1) is 35.5 Å². The molecule has 4 nitrogen and oxygen atoms in total. The second-order valence-electron chi connectivity index (χ2n) is 19.2. The molecule has 1 heterocycles. The number of hydrogen-bond acceptors (Lipinski definition) is 4. The Kier molecular flexibility index (Phi) is 10.5. The minimum Gasteiger partial charge on any atom is -0.407 e. The third kappa shape index (κ3) is 6.83. The van der Waals surface area contributed by atoms with E-state index in [1.807, 2.05) is 0 Å². The Hall–Kier alpha value is -2.85. The van der Waals surface area contributed by atoms with Crippen LogP contribution in [0.5, 0.6) is 0 Å². The van der Waals surface area contributed by atoms with Crippen molar-refractivity contribution >= 4 is 37.4 Å². The summed E-state index contributed by atoms with van der Waals surface area (Å²) in [6.07, 6.45) is 6.29. The van der Waals surface area contributed by atoms with Gasteiger partial charge in [-0.05, 0) is 92.5 Å². The Morgan fingerprint density at radius 1 is 0.519 bits per heavy atom. The van der Waals surface area contributed by atoms with E-state index in [1.165, 1.54) is 40.0 Å². The number of aliphatic hydroxyl groups is 1. The molecule has 3 aliphatic carbocycles. The fourth-order valence-corrected chi connectivity index (χ4v) is 20.7. The third-order valence-electron chi connectivity index (χ3n) is 14.1. The monoisotopic (exact) mass is 758 g/mol. The molecule has 0 bridgehead atoms. The van der Waals surface area contributed by atoms with Crippen LogP contribution in [-0.2, 0) is 13.6 Å². The summed E-state index contributed by atoms with van der Waals surface area (Å²) in [4.78, 5) is 0. The van der Waals surface area contributed by atoms with Crippen molar-refractivity contribution in [2.24, 2.45) is 35.5 Å². The molecule has 6 heteroatoms. The van der Waals surface area contributed by atoms with Crippen molar-refractivity contribution in [3.05, 3.63) is 121 Å². The van der Waals surface area contributed by atoms with E-state index in [-0.39, 0.29) is 21.9 Å². The predicted molar refractivity (Wildman–Crippen MR) is 226 cm³/mol. The number of rotatable bonds is 10. The van der Waals surface area contributed by atoms with Crippen LogP contribution in [0.4, 0.5) is 0 Å². The third-order valence-corrected chi connectivity index (χ3v) is 24.1. The lowest BCUT2D eigenvalue weighted by Crippen LogP contribution is -2.68. The highest BCUT2D eigenvalue weighted by atomic mass is 28.4. The quantitative estimate of drug-likeness (QED) is 0.132. The molecule has 4 aliphatic rings. The zero-order valence-electron chi connectivity index (χ0n) is 33.4. The molecule has 8 rings (SSSR count). The molecule has 0 amide bonds. The minimum atomic E-state index is -2.82. The lowest BCUT2D eigenvalue weighted by molar-refractivity contribution is -0.105. The van der Waals surface area contributed by atoms with Crippen LogP contribution in [0.3, 0.4) is 0 Å². The molecule has 286 valence electrons. The molecule has 4 aromatic carbocycles. The standard InChI is InChI=1S/C48H62O4Si2/c1-47(2,3)53(38-19-11-7-12-20-38,39-21-13-8-14-22-39)50-32-37-28-36-27-34-30-44-45(52-44)31-35(34)29-42(36)46(49)43(37)33-51-54(48(4,5)6,40-23-15-9-16-24-40)41-25-17-10-18-26-41/h7-26,34-37,42-46,49H,27-33H2,1-6H3/t34-,35+,36-,37+,42-,43+,44+,45-,46-/m1/s1. The summed E-state index contributed by atoms with van der Waals surface area (Å²) in [6.45, 7) is 15.3. The molecule has 0 spiro atoms. The van der Waals surface area contributed by atoms with Crippen LogP contribution >= 0.6 is 0 Å². The van der Waals surface area contributed by atoms with Crippen LogP contribution in [0.15, 0.2) is 121 Å². The number of hydrogen-bond donors (Lipinski definition) is 1. The summed E-state index contributed by atoms with van der Waals surface area (Å²) < 4.78 is 21.5. The zero-order valence-corrected chi connectivity index (χ0v) is 35.4. The SMILES string of the molecule is CC(C)(C)[Si](OC[C@@H]1C[C@H]2C[C@@H]3C[C@@H]4O[C@@H]4C[C@@H]3C[C@H]2[C@@H](O)[C@H]1CO[Si](c1ccccc1)(c1ccccc1)C(C)(C)C)(c1ccccc1)c1ccccc1. The van der Waals surface area contributed by atoms with Crippen molar-refractivity contribution in [1.29, 1.82) is 0 Å². The summed E-state index contributed by atoms with van der Waals surface area (Å²) in [5.74, 6) is 2.30. The van der Waals surface area contributed by atoms with Gasteiger partial charge in [0.2, 0.25) is 0 Å². The van der Waals surface area contributed by atoms with Crippen LogP contribution in [0.25, 0.3) is 0 Å². The number of aliphatic hydroxyl groups excluding tert-OH is 1. The normalized spacial score (nSPS) is 29.8. The number of ether oxygens (including phenoxy) is 1. The molecule has 4 fully saturated rings. The van der Waals surface area contributed by atoms with Gasteiger partial charge in [-0.3, -0.25) is 0 Å². The van der Waals surface area contributed by atoms with Gasteiger partial charge in [-0.25, -0.2) is 0 Å². The summed E-state index contributed by atoms with van der Waals surface area (Å²) in [7, 11) is -5.61. The first-order chi connectivity index (χ1) is 25.9.